The third kappa shape index (κ3) is 3.05. The van der Waals surface area contributed by atoms with E-state index in [0.717, 1.165) is 15.8 Å². The molecule has 26 heavy (non-hydrogen) atoms. The maximum absolute atomic E-state index is 12.7. The van der Waals surface area contributed by atoms with Crippen molar-refractivity contribution in [3.63, 3.8) is 0 Å². The molecular weight excluding hydrogens is 372 g/mol. The lowest BCUT2D eigenvalue weighted by Gasteiger charge is -2.18. The van der Waals surface area contributed by atoms with Crippen LogP contribution in [0.4, 0.5) is 10.8 Å². The van der Waals surface area contributed by atoms with Crippen molar-refractivity contribution in [3.8, 4) is 0 Å². The van der Waals surface area contributed by atoms with Crippen LogP contribution in [0.15, 0.2) is 42.5 Å². The third-order valence-electron chi connectivity index (χ3n) is 4.21. The van der Waals surface area contributed by atoms with Gasteiger partial charge in [-0.3, -0.25) is 15.0 Å². The zero-order valence-corrected chi connectivity index (χ0v) is 15.4. The average Bonchev–Trinajstić information content (AvgIpc) is 3.16. The quantitative estimate of drug-likeness (QED) is 0.530. The van der Waals surface area contributed by atoms with Crippen molar-refractivity contribution in [2.24, 2.45) is 0 Å². The monoisotopic (exact) mass is 386 g/mol. The van der Waals surface area contributed by atoms with Crippen LogP contribution < -0.4 is 15.8 Å². The van der Waals surface area contributed by atoms with Crippen molar-refractivity contribution in [1.82, 2.24) is 10.4 Å². The fourth-order valence-electron chi connectivity index (χ4n) is 2.90. The molecule has 1 aliphatic heterocycles. The molecule has 1 fully saturated rings. The van der Waals surface area contributed by atoms with Gasteiger partial charge < -0.3 is 0 Å². The number of amides is 2. The Bertz CT molecular complexity index is 986. The molecule has 1 aromatic heterocycles. The number of aryl methyl sites for hydroxylation is 1. The minimum Gasteiger partial charge on any atom is -0.296 e. The van der Waals surface area contributed by atoms with E-state index in [1.54, 1.807) is 18.2 Å². The molecule has 0 saturated carbocycles. The summed E-state index contributed by atoms with van der Waals surface area (Å²) >= 11 is 7.50. The number of nitrogens with zero attached hydrogens (tertiary/aromatic N) is 2. The Morgan fingerprint density at radius 2 is 2.04 bits per heavy atom. The Labute approximate surface area is 158 Å². The SMILES string of the molecule is Cc1ccc(Cl)cc1N1C(=O)C[C@H](NNc2nc3ccccc3s2)C1=O. The topological polar surface area (TPSA) is 74.3 Å². The van der Waals surface area contributed by atoms with Gasteiger partial charge in [-0.25, -0.2) is 15.3 Å². The summed E-state index contributed by atoms with van der Waals surface area (Å²) in [6, 6.07) is 12.3. The van der Waals surface area contributed by atoms with Crippen LogP contribution in [-0.2, 0) is 9.59 Å². The molecule has 0 aliphatic carbocycles. The number of imide groups is 1. The molecule has 8 heteroatoms. The van der Waals surface area contributed by atoms with Crippen LogP contribution in [0.2, 0.25) is 5.02 Å². The molecule has 0 bridgehead atoms. The highest BCUT2D eigenvalue weighted by Gasteiger charge is 2.40. The largest absolute Gasteiger partial charge is 0.296 e. The van der Waals surface area contributed by atoms with Crippen LogP contribution in [0.25, 0.3) is 10.2 Å². The summed E-state index contributed by atoms with van der Waals surface area (Å²) in [6.07, 6.45) is 0.0721. The molecule has 0 spiro atoms. The fourth-order valence-corrected chi connectivity index (χ4v) is 3.89. The summed E-state index contributed by atoms with van der Waals surface area (Å²) in [5.41, 5.74) is 8.10. The molecule has 2 N–H and O–H groups in total. The van der Waals surface area contributed by atoms with Gasteiger partial charge in [0.05, 0.1) is 22.3 Å². The molecule has 132 valence electrons. The lowest BCUT2D eigenvalue weighted by atomic mass is 10.2. The summed E-state index contributed by atoms with van der Waals surface area (Å²) in [7, 11) is 0. The van der Waals surface area contributed by atoms with Gasteiger partial charge in [0, 0.05) is 5.02 Å². The zero-order valence-electron chi connectivity index (χ0n) is 13.8. The second-order valence-electron chi connectivity index (χ2n) is 6.01. The maximum atomic E-state index is 12.7. The summed E-state index contributed by atoms with van der Waals surface area (Å²) in [4.78, 5) is 30.7. The van der Waals surface area contributed by atoms with Crippen LogP contribution >= 0.6 is 22.9 Å². The van der Waals surface area contributed by atoms with Gasteiger partial charge in [-0.2, -0.15) is 0 Å². The highest BCUT2D eigenvalue weighted by molar-refractivity contribution is 7.22. The van der Waals surface area contributed by atoms with Gasteiger partial charge in [-0.05, 0) is 36.8 Å². The first-order valence-electron chi connectivity index (χ1n) is 8.03. The molecule has 0 radical (unpaired) electrons. The van der Waals surface area contributed by atoms with E-state index in [1.165, 1.54) is 16.2 Å². The minimum absolute atomic E-state index is 0.0721. The summed E-state index contributed by atoms with van der Waals surface area (Å²) in [5.74, 6) is -0.571. The maximum Gasteiger partial charge on any atom is 0.253 e. The number of benzene rings is 2. The molecule has 1 aliphatic rings. The van der Waals surface area contributed by atoms with Crippen LogP contribution in [0.3, 0.4) is 0 Å². The number of halogens is 1. The van der Waals surface area contributed by atoms with Crippen molar-refractivity contribution in [1.29, 1.82) is 0 Å². The number of aromatic nitrogens is 1. The Balaban J connectivity index is 1.51. The van der Waals surface area contributed by atoms with Gasteiger partial charge in [-0.1, -0.05) is 41.1 Å². The normalized spacial score (nSPS) is 17.3. The molecule has 6 nitrogen and oxygen atoms in total. The molecule has 3 aromatic rings. The Morgan fingerprint density at radius 3 is 2.85 bits per heavy atom. The second kappa shape index (κ2) is 6.68. The average molecular weight is 387 g/mol. The zero-order chi connectivity index (χ0) is 18.3. The van der Waals surface area contributed by atoms with Gasteiger partial charge in [0.1, 0.15) is 6.04 Å². The molecule has 0 unspecified atom stereocenters. The Kier molecular flexibility index (Phi) is 4.36. The van der Waals surface area contributed by atoms with Crippen LogP contribution in [0.5, 0.6) is 0 Å². The van der Waals surface area contributed by atoms with E-state index in [1.807, 2.05) is 31.2 Å². The van der Waals surface area contributed by atoms with E-state index < -0.39 is 6.04 Å². The predicted octanol–water partition coefficient (Wildman–Crippen LogP) is 3.51. The van der Waals surface area contributed by atoms with Gasteiger partial charge in [0.15, 0.2) is 5.13 Å². The summed E-state index contributed by atoms with van der Waals surface area (Å²) in [5, 5.41) is 1.12. The molecule has 4 rings (SSSR count). The predicted molar refractivity (Wildman–Crippen MR) is 103 cm³/mol. The highest BCUT2D eigenvalue weighted by atomic mass is 35.5. The van der Waals surface area contributed by atoms with Crippen molar-refractivity contribution in [3.05, 3.63) is 53.1 Å². The van der Waals surface area contributed by atoms with Gasteiger partial charge >= 0.3 is 0 Å². The first-order chi connectivity index (χ1) is 12.5. The van der Waals surface area contributed by atoms with E-state index in [2.05, 4.69) is 15.8 Å². The molecule has 1 saturated heterocycles. The van der Waals surface area contributed by atoms with Crippen molar-refractivity contribution in [2.75, 3.05) is 10.3 Å². The number of hydrogen-bond acceptors (Lipinski definition) is 6. The number of nitrogens with one attached hydrogen (secondary N) is 2. The van der Waals surface area contributed by atoms with Crippen molar-refractivity contribution in [2.45, 2.75) is 19.4 Å². The number of para-hydroxylation sites is 1. The first kappa shape index (κ1) is 17.0. The smallest absolute Gasteiger partial charge is 0.253 e. The van der Waals surface area contributed by atoms with Gasteiger partial charge in [0.25, 0.3) is 5.91 Å². The Morgan fingerprint density at radius 1 is 1.23 bits per heavy atom. The minimum atomic E-state index is -0.659. The number of hydrazine groups is 1. The number of thiazole rings is 1. The molecule has 2 heterocycles. The van der Waals surface area contributed by atoms with Crippen molar-refractivity contribution < 1.29 is 9.59 Å². The standard InChI is InChI=1S/C18H15ClN4O2S/c1-10-6-7-11(19)8-14(10)23-16(24)9-13(17(23)25)21-22-18-20-12-4-2-3-5-15(12)26-18/h2-8,13,21H,9H2,1H3,(H,20,22)/t13-/m0/s1. The molecule has 1 atom stereocenters. The van der Waals surface area contributed by atoms with E-state index in [-0.39, 0.29) is 18.2 Å². The fraction of sp³-hybridized carbons (Fsp3) is 0.167. The summed E-state index contributed by atoms with van der Waals surface area (Å²) in [6.45, 7) is 1.84. The van der Waals surface area contributed by atoms with Crippen LogP contribution in [0, 0.1) is 6.92 Å². The number of hydrogen-bond donors (Lipinski definition) is 2. The van der Waals surface area contributed by atoms with Crippen LogP contribution in [-0.4, -0.2) is 22.8 Å². The lowest BCUT2D eigenvalue weighted by molar-refractivity contribution is -0.121. The van der Waals surface area contributed by atoms with E-state index in [4.69, 9.17) is 11.6 Å². The van der Waals surface area contributed by atoms with Gasteiger partial charge in [-0.15, -0.1) is 0 Å². The molecular formula is C18H15ClN4O2S. The first-order valence-corrected chi connectivity index (χ1v) is 9.22. The summed E-state index contributed by atoms with van der Waals surface area (Å²) < 4.78 is 1.04. The van der Waals surface area contributed by atoms with Crippen LogP contribution in [0.1, 0.15) is 12.0 Å². The van der Waals surface area contributed by atoms with E-state index >= 15 is 0 Å². The van der Waals surface area contributed by atoms with E-state index in [0.29, 0.717) is 15.8 Å². The number of fused-ring (bicyclic) bond motifs is 1. The van der Waals surface area contributed by atoms with Crippen molar-refractivity contribution >= 4 is 55.8 Å². The van der Waals surface area contributed by atoms with E-state index in [9.17, 15) is 9.59 Å². The Hall–Kier alpha value is -2.48. The number of anilines is 2. The number of rotatable bonds is 4. The third-order valence-corrected chi connectivity index (χ3v) is 5.39. The number of carbonyl (C=O) groups excluding carboxylic acids is 2. The lowest BCUT2D eigenvalue weighted by Crippen LogP contribution is -2.41. The molecule has 2 aromatic carbocycles. The highest BCUT2D eigenvalue weighted by Crippen LogP contribution is 2.29. The molecule has 2 amide bonds. The second-order valence-corrected chi connectivity index (χ2v) is 7.48. The van der Waals surface area contributed by atoms with Gasteiger partial charge in [0.2, 0.25) is 5.91 Å². The number of carbonyl (C=O) groups is 2.